The van der Waals surface area contributed by atoms with Crippen molar-refractivity contribution < 1.29 is 0 Å². The Labute approximate surface area is 172 Å². The highest BCUT2D eigenvalue weighted by Gasteiger charge is 2.02. The van der Waals surface area contributed by atoms with Crippen LogP contribution in [-0.4, -0.2) is 31.1 Å². The maximum atomic E-state index is 4.45. The average molecular weight is 472 g/mol. The molecule has 0 unspecified atom stereocenters. The molecular weight excluding hydrogens is 443 g/mol. The van der Waals surface area contributed by atoms with Gasteiger partial charge >= 0.3 is 0 Å². The minimum atomic E-state index is 0. The van der Waals surface area contributed by atoms with Gasteiger partial charge in [-0.05, 0) is 32.3 Å². The van der Waals surface area contributed by atoms with Gasteiger partial charge in [-0.25, -0.2) is 4.98 Å². The lowest BCUT2D eigenvalue weighted by Crippen LogP contribution is -2.39. The Morgan fingerprint density at radius 2 is 1.72 bits per heavy atom. The molecule has 2 rings (SSSR count). The predicted octanol–water partition coefficient (Wildman–Crippen LogP) is 3.89. The number of nitrogens with one attached hydrogen (secondary N) is 2. The standard InChI is InChI=1S/C19H28N4S.HI/c1-5-17-13-23-18(24-17)7-9-22-19(20-4)21-8-6-16-11-14(2)10-15(3)12-16;/h10-13H,5-9H2,1-4H3,(H2,20,21,22);1H. The lowest BCUT2D eigenvalue weighted by atomic mass is 10.1. The van der Waals surface area contributed by atoms with E-state index in [1.165, 1.54) is 26.6 Å². The fourth-order valence-electron chi connectivity index (χ4n) is 2.67. The van der Waals surface area contributed by atoms with E-state index in [0.717, 1.165) is 38.3 Å². The third kappa shape index (κ3) is 7.73. The van der Waals surface area contributed by atoms with Gasteiger partial charge in [0.2, 0.25) is 0 Å². The number of benzene rings is 1. The van der Waals surface area contributed by atoms with E-state index in [2.05, 4.69) is 59.6 Å². The predicted molar refractivity (Wildman–Crippen MR) is 120 cm³/mol. The number of hydrogen-bond acceptors (Lipinski definition) is 3. The van der Waals surface area contributed by atoms with Crippen LogP contribution < -0.4 is 10.6 Å². The van der Waals surface area contributed by atoms with Crippen molar-refractivity contribution in [3.05, 3.63) is 51.0 Å². The molecular formula is C19H29IN4S. The first kappa shape index (κ1) is 21.9. The van der Waals surface area contributed by atoms with Gasteiger partial charge < -0.3 is 10.6 Å². The highest BCUT2D eigenvalue weighted by atomic mass is 127. The Morgan fingerprint density at radius 1 is 1.08 bits per heavy atom. The number of rotatable bonds is 7. The van der Waals surface area contributed by atoms with Gasteiger partial charge in [0.05, 0.1) is 5.01 Å². The number of thiazole rings is 1. The summed E-state index contributed by atoms with van der Waals surface area (Å²) in [5, 5.41) is 7.93. The van der Waals surface area contributed by atoms with E-state index in [-0.39, 0.29) is 24.0 Å². The van der Waals surface area contributed by atoms with Crippen molar-refractivity contribution in [3.63, 3.8) is 0 Å². The van der Waals surface area contributed by atoms with Gasteiger partial charge in [-0.3, -0.25) is 4.99 Å². The molecule has 0 fully saturated rings. The molecule has 0 atom stereocenters. The summed E-state index contributed by atoms with van der Waals surface area (Å²) in [5.41, 5.74) is 4.01. The van der Waals surface area contributed by atoms with Crippen molar-refractivity contribution in [1.29, 1.82) is 0 Å². The molecule has 1 aromatic carbocycles. The highest BCUT2D eigenvalue weighted by molar-refractivity contribution is 14.0. The van der Waals surface area contributed by atoms with Gasteiger partial charge in [-0.15, -0.1) is 35.3 Å². The zero-order valence-corrected chi connectivity index (χ0v) is 18.7. The monoisotopic (exact) mass is 472 g/mol. The summed E-state index contributed by atoms with van der Waals surface area (Å²) in [6.45, 7) is 8.18. The molecule has 138 valence electrons. The second-order valence-corrected chi connectivity index (χ2v) is 7.20. The zero-order valence-electron chi connectivity index (χ0n) is 15.6. The van der Waals surface area contributed by atoms with Gasteiger partial charge in [0, 0.05) is 37.6 Å². The summed E-state index contributed by atoms with van der Waals surface area (Å²) >= 11 is 1.80. The molecule has 0 bridgehead atoms. The van der Waals surface area contributed by atoms with Crippen molar-refractivity contribution in [2.45, 2.75) is 40.0 Å². The van der Waals surface area contributed by atoms with Gasteiger partial charge in [-0.2, -0.15) is 0 Å². The van der Waals surface area contributed by atoms with Crippen LogP contribution in [0.1, 0.15) is 33.5 Å². The Kier molecular flexibility index (Phi) is 10.0. The van der Waals surface area contributed by atoms with Crippen molar-refractivity contribution >= 4 is 41.3 Å². The minimum Gasteiger partial charge on any atom is -0.356 e. The fourth-order valence-corrected chi connectivity index (χ4v) is 3.54. The maximum absolute atomic E-state index is 4.45. The fraction of sp³-hybridized carbons (Fsp3) is 0.474. The van der Waals surface area contributed by atoms with E-state index in [0.29, 0.717) is 0 Å². The molecule has 0 aliphatic carbocycles. The molecule has 0 aliphatic rings. The van der Waals surface area contributed by atoms with E-state index >= 15 is 0 Å². The molecule has 2 aromatic rings. The number of hydrogen-bond donors (Lipinski definition) is 2. The molecule has 6 heteroatoms. The lowest BCUT2D eigenvalue weighted by molar-refractivity contribution is 0.781. The molecule has 0 saturated heterocycles. The maximum Gasteiger partial charge on any atom is 0.191 e. The smallest absolute Gasteiger partial charge is 0.191 e. The number of aliphatic imine (C=N–C) groups is 1. The second-order valence-electron chi connectivity index (χ2n) is 6.00. The summed E-state index contributed by atoms with van der Waals surface area (Å²) in [6.07, 6.45) is 4.97. The number of aryl methyl sites for hydroxylation is 3. The lowest BCUT2D eigenvalue weighted by Gasteiger charge is -2.12. The van der Waals surface area contributed by atoms with Crippen LogP contribution in [0.5, 0.6) is 0 Å². The van der Waals surface area contributed by atoms with Crippen molar-refractivity contribution in [3.8, 4) is 0 Å². The van der Waals surface area contributed by atoms with E-state index in [1.54, 1.807) is 11.3 Å². The van der Waals surface area contributed by atoms with Crippen LogP contribution in [0.3, 0.4) is 0 Å². The van der Waals surface area contributed by atoms with E-state index < -0.39 is 0 Å². The minimum absolute atomic E-state index is 0. The summed E-state index contributed by atoms with van der Waals surface area (Å²) in [7, 11) is 1.81. The number of aromatic nitrogens is 1. The molecule has 0 amide bonds. The van der Waals surface area contributed by atoms with Crippen LogP contribution in [0.4, 0.5) is 0 Å². The van der Waals surface area contributed by atoms with Crippen molar-refractivity contribution in [1.82, 2.24) is 15.6 Å². The quantitative estimate of drug-likeness (QED) is 0.365. The van der Waals surface area contributed by atoms with Gasteiger partial charge in [-0.1, -0.05) is 36.2 Å². The molecule has 4 nitrogen and oxygen atoms in total. The molecule has 2 N–H and O–H groups in total. The molecule has 0 spiro atoms. The van der Waals surface area contributed by atoms with Gasteiger partial charge in [0.25, 0.3) is 0 Å². The Bertz CT molecular complexity index is 662. The van der Waals surface area contributed by atoms with Crippen LogP contribution >= 0.6 is 35.3 Å². The first-order valence-corrected chi connectivity index (χ1v) is 9.37. The third-order valence-electron chi connectivity index (χ3n) is 3.79. The molecule has 1 heterocycles. The van der Waals surface area contributed by atoms with Crippen LogP contribution in [-0.2, 0) is 19.3 Å². The summed E-state index contributed by atoms with van der Waals surface area (Å²) < 4.78 is 0. The average Bonchev–Trinajstić information content (AvgIpc) is 3.00. The van der Waals surface area contributed by atoms with Crippen LogP contribution in [0.2, 0.25) is 0 Å². The molecule has 0 radical (unpaired) electrons. The Morgan fingerprint density at radius 3 is 2.28 bits per heavy atom. The number of guanidine groups is 1. The van der Waals surface area contributed by atoms with Crippen LogP contribution in [0, 0.1) is 13.8 Å². The third-order valence-corrected chi connectivity index (χ3v) is 4.99. The molecule has 1 aromatic heterocycles. The van der Waals surface area contributed by atoms with Crippen LogP contribution in [0.25, 0.3) is 0 Å². The number of halogens is 1. The van der Waals surface area contributed by atoms with Crippen LogP contribution in [0.15, 0.2) is 29.4 Å². The first-order chi connectivity index (χ1) is 11.6. The van der Waals surface area contributed by atoms with Gasteiger partial charge in [0.15, 0.2) is 5.96 Å². The summed E-state index contributed by atoms with van der Waals surface area (Å²) in [4.78, 5) is 10.1. The van der Waals surface area contributed by atoms with Gasteiger partial charge in [0.1, 0.15) is 0 Å². The molecule has 0 saturated carbocycles. The largest absolute Gasteiger partial charge is 0.356 e. The summed E-state index contributed by atoms with van der Waals surface area (Å²) in [5.74, 6) is 0.853. The summed E-state index contributed by atoms with van der Waals surface area (Å²) in [6, 6.07) is 6.71. The molecule has 0 aliphatic heterocycles. The van der Waals surface area contributed by atoms with E-state index in [1.807, 2.05) is 13.2 Å². The second kappa shape index (κ2) is 11.5. The van der Waals surface area contributed by atoms with Crippen molar-refractivity contribution in [2.75, 3.05) is 20.1 Å². The van der Waals surface area contributed by atoms with Crippen molar-refractivity contribution in [2.24, 2.45) is 4.99 Å². The Balaban J connectivity index is 0.00000312. The first-order valence-electron chi connectivity index (χ1n) is 8.56. The highest BCUT2D eigenvalue weighted by Crippen LogP contribution is 2.13. The normalized spacial score (nSPS) is 11.1. The topological polar surface area (TPSA) is 49.3 Å². The number of nitrogens with zero attached hydrogens (tertiary/aromatic N) is 2. The van der Waals surface area contributed by atoms with E-state index in [9.17, 15) is 0 Å². The van der Waals surface area contributed by atoms with E-state index in [4.69, 9.17) is 0 Å². The Hall–Kier alpha value is -1.15. The molecule has 25 heavy (non-hydrogen) atoms. The SMILES string of the molecule is CCc1cnc(CCNC(=NC)NCCc2cc(C)cc(C)c2)s1.I. The zero-order chi connectivity index (χ0) is 17.4.